The zero-order valence-corrected chi connectivity index (χ0v) is 13.4. The fraction of sp³-hybridized carbons (Fsp3) is 0.529. The fourth-order valence-electron chi connectivity index (χ4n) is 3.15. The van der Waals surface area contributed by atoms with Crippen molar-refractivity contribution in [3.05, 3.63) is 29.3 Å². The molecular formula is C17H23N3O3. The Kier molecular flexibility index (Phi) is 4.81. The van der Waals surface area contributed by atoms with Crippen LogP contribution in [0.1, 0.15) is 30.9 Å². The number of nitrogens with zero attached hydrogens (tertiary/aromatic N) is 1. The van der Waals surface area contributed by atoms with Crippen LogP contribution in [0.4, 0.5) is 10.5 Å². The van der Waals surface area contributed by atoms with Gasteiger partial charge in [-0.2, -0.15) is 0 Å². The van der Waals surface area contributed by atoms with Gasteiger partial charge in [0.25, 0.3) is 0 Å². The molecule has 0 spiro atoms. The van der Waals surface area contributed by atoms with E-state index in [1.807, 2.05) is 12.1 Å². The van der Waals surface area contributed by atoms with Crippen LogP contribution < -0.4 is 15.5 Å². The summed E-state index contributed by atoms with van der Waals surface area (Å²) in [5.74, 6) is 0.0723. The molecule has 6 heteroatoms. The molecule has 2 aliphatic heterocycles. The van der Waals surface area contributed by atoms with Crippen LogP contribution in [-0.2, 0) is 22.5 Å². The smallest absolute Gasteiger partial charge is 0.315 e. The van der Waals surface area contributed by atoms with Gasteiger partial charge < -0.3 is 20.3 Å². The van der Waals surface area contributed by atoms with Crippen molar-refractivity contribution in [2.75, 3.05) is 24.6 Å². The molecule has 1 saturated heterocycles. The summed E-state index contributed by atoms with van der Waals surface area (Å²) in [7, 11) is 0. The Balaban J connectivity index is 1.49. The molecule has 1 fully saturated rings. The van der Waals surface area contributed by atoms with Crippen molar-refractivity contribution in [2.24, 2.45) is 0 Å². The molecule has 1 aromatic rings. The molecule has 3 rings (SSSR count). The first-order chi connectivity index (χ1) is 11.1. The van der Waals surface area contributed by atoms with Gasteiger partial charge in [0.1, 0.15) is 0 Å². The number of nitrogens with one attached hydrogen (secondary N) is 2. The van der Waals surface area contributed by atoms with E-state index in [-0.39, 0.29) is 18.0 Å². The summed E-state index contributed by atoms with van der Waals surface area (Å²) in [5.41, 5.74) is 3.20. The molecule has 1 atom stereocenters. The van der Waals surface area contributed by atoms with Crippen molar-refractivity contribution >= 4 is 17.6 Å². The number of ether oxygens (including phenoxy) is 1. The number of hydrogen-bond acceptors (Lipinski definition) is 3. The number of fused-ring (bicyclic) bond motifs is 1. The highest BCUT2D eigenvalue weighted by molar-refractivity contribution is 5.93. The number of rotatable bonds is 4. The normalized spacial score (nSPS) is 19.5. The van der Waals surface area contributed by atoms with Crippen molar-refractivity contribution < 1.29 is 14.3 Å². The van der Waals surface area contributed by atoms with E-state index >= 15 is 0 Å². The van der Waals surface area contributed by atoms with Gasteiger partial charge in [-0.3, -0.25) is 4.79 Å². The molecule has 124 valence electrons. The van der Waals surface area contributed by atoms with Crippen molar-refractivity contribution in [3.8, 4) is 0 Å². The van der Waals surface area contributed by atoms with Gasteiger partial charge in [-0.15, -0.1) is 0 Å². The minimum atomic E-state index is -0.175. The van der Waals surface area contributed by atoms with Crippen molar-refractivity contribution in [1.82, 2.24) is 10.6 Å². The largest absolute Gasteiger partial charge is 0.376 e. The lowest BCUT2D eigenvalue weighted by molar-refractivity contribution is -0.116. The predicted molar refractivity (Wildman–Crippen MR) is 87.4 cm³/mol. The fourth-order valence-corrected chi connectivity index (χ4v) is 3.15. The van der Waals surface area contributed by atoms with Crippen LogP contribution in [0.2, 0.25) is 0 Å². The van der Waals surface area contributed by atoms with Crippen LogP contribution in [0.3, 0.4) is 0 Å². The van der Waals surface area contributed by atoms with E-state index in [1.165, 1.54) is 5.56 Å². The summed E-state index contributed by atoms with van der Waals surface area (Å²) in [6.07, 6.45) is 3.10. The summed E-state index contributed by atoms with van der Waals surface area (Å²) in [6, 6.07) is 5.82. The molecular weight excluding hydrogens is 294 g/mol. The molecule has 3 amide bonds. The van der Waals surface area contributed by atoms with Gasteiger partial charge in [-0.05, 0) is 36.5 Å². The Hall–Kier alpha value is -2.08. The minimum Gasteiger partial charge on any atom is -0.376 e. The Morgan fingerprint density at radius 2 is 2.22 bits per heavy atom. The van der Waals surface area contributed by atoms with E-state index in [9.17, 15) is 9.59 Å². The topological polar surface area (TPSA) is 70.7 Å². The number of hydrogen-bond donors (Lipinski definition) is 2. The van der Waals surface area contributed by atoms with Crippen LogP contribution in [0, 0.1) is 0 Å². The van der Waals surface area contributed by atoms with Crippen LogP contribution in [0.25, 0.3) is 0 Å². The maximum atomic E-state index is 11.8. The molecule has 2 heterocycles. The molecule has 2 N–H and O–H groups in total. The maximum Gasteiger partial charge on any atom is 0.315 e. The third-order valence-electron chi connectivity index (χ3n) is 4.39. The monoisotopic (exact) mass is 317 g/mol. The number of anilines is 1. The highest BCUT2D eigenvalue weighted by Gasteiger charge is 2.22. The maximum absolute atomic E-state index is 11.8. The van der Waals surface area contributed by atoms with Crippen LogP contribution in [0.15, 0.2) is 18.2 Å². The predicted octanol–water partition coefficient (Wildman–Crippen LogP) is 1.57. The molecule has 0 saturated carbocycles. The average molecular weight is 317 g/mol. The van der Waals surface area contributed by atoms with Crippen molar-refractivity contribution in [2.45, 2.75) is 38.8 Å². The molecule has 0 bridgehead atoms. The summed E-state index contributed by atoms with van der Waals surface area (Å²) in [6.45, 7) is 4.15. The molecule has 1 aromatic carbocycles. The SMILES string of the molecule is CC(=O)N1CCc2cc(CNC(=O)NCC3CCCO3)ccc21. The Labute approximate surface area is 136 Å². The van der Waals surface area contributed by atoms with Gasteiger partial charge in [-0.1, -0.05) is 12.1 Å². The van der Waals surface area contributed by atoms with Crippen molar-refractivity contribution in [3.63, 3.8) is 0 Å². The van der Waals surface area contributed by atoms with E-state index in [0.717, 1.165) is 43.7 Å². The van der Waals surface area contributed by atoms with Gasteiger partial charge in [0.05, 0.1) is 6.10 Å². The van der Waals surface area contributed by atoms with E-state index in [1.54, 1.807) is 11.8 Å². The van der Waals surface area contributed by atoms with Gasteiger partial charge in [0, 0.05) is 38.9 Å². The minimum absolute atomic E-state index is 0.0723. The van der Waals surface area contributed by atoms with Crippen LogP contribution >= 0.6 is 0 Å². The Morgan fingerprint density at radius 3 is 2.96 bits per heavy atom. The van der Waals surface area contributed by atoms with Gasteiger partial charge in [0.15, 0.2) is 0 Å². The molecule has 0 aromatic heterocycles. The van der Waals surface area contributed by atoms with Crippen LogP contribution in [0.5, 0.6) is 0 Å². The van der Waals surface area contributed by atoms with E-state index in [4.69, 9.17) is 4.74 Å². The summed E-state index contributed by atoms with van der Waals surface area (Å²) in [5, 5.41) is 5.70. The highest BCUT2D eigenvalue weighted by atomic mass is 16.5. The molecule has 2 aliphatic rings. The van der Waals surface area contributed by atoms with E-state index in [2.05, 4.69) is 16.7 Å². The number of carbonyl (C=O) groups is 2. The summed E-state index contributed by atoms with van der Waals surface area (Å²) < 4.78 is 5.47. The first-order valence-corrected chi connectivity index (χ1v) is 8.16. The number of urea groups is 1. The van der Waals surface area contributed by atoms with Crippen LogP contribution in [-0.4, -0.2) is 37.7 Å². The Morgan fingerprint density at radius 1 is 1.35 bits per heavy atom. The molecule has 6 nitrogen and oxygen atoms in total. The van der Waals surface area contributed by atoms with Crippen molar-refractivity contribution in [1.29, 1.82) is 0 Å². The molecule has 23 heavy (non-hydrogen) atoms. The first-order valence-electron chi connectivity index (χ1n) is 8.16. The van der Waals surface area contributed by atoms with Gasteiger partial charge in [0.2, 0.25) is 5.91 Å². The average Bonchev–Trinajstić information content (AvgIpc) is 3.19. The summed E-state index contributed by atoms with van der Waals surface area (Å²) in [4.78, 5) is 25.2. The van der Waals surface area contributed by atoms with E-state index in [0.29, 0.717) is 13.1 Å². The number of amides is 3. The lowest BCUT2D eigenvalue weighted by atomic mass is 10.1. The lowest BCUT2D eigenvalue weighted by Crippen LogP contribution is -2.39. The summed E-state index contributed by atoms with van der Waals surface area (Å²) >= 11 is 0. The second kappa shape index (κ2) is 7.00. The van der Waals surface area contributed by atoms with E-state index < -0.39 is 0 Å². The quantitative estimate of drug-likeness (QED) is 0.885. The second-order valence-corrected chi connectivity index (χ2v) is 6.08. The standard InChI is InChI=1S/C17H23N3O3/c1-12(21)20-7-6-14-9-13(4-5-16(14)20)10-18-17(22)19-11-15-3-2-8-23-15/h4-5,9,15H,2-3,6-8,10-11H2,1H3,(H2,18,19,22). The Bertz CT molecular complexity index is 597. The molecule has 0 aliphatic carbocycles. The number of benzene rings is 1. The number of carbonyl (C=O) groups excluding carboxylic acids is 2. The third kappa shape index (κ3) is 3.82. The molecule has 1 unspecified atom stereocenters. The van der Waals surface area contributed by atoms with Gasteiger partial charge >= 0.3 is 6.03 Å². The highest BCUT2D eigenvalue weighted by Crippen LogP contribution is 2.28. The van der Waals surface area contributed by atoms with Gasteiger partial charge in [-0.25, -0.2) is 4.79 Å². The lowest BCUT2D eigenvalue weighted by Gasteiger charge is -2.15. The zero-order chi connectivity index (χ0) is 16.2. The molecule has 0 radical (unpaired) electrons. The zero-order valence-electron chi connectivity index (χ0n) is 13.4. The third-order valence-corrected chi connectivity index (χ3v) is 4.39. The second-order valence-electron chi connectivity index (χ2n) is 6.08. The first kappa shape index (κ1) is 15.8.